The summed E-state index contributed by atoms with van der Waals surface area (Å²) in [5.74, 6) is 0.738. The summed E-state index contributed by atoms with van der Waals surface area (Å²) < 4.78 is 11.2. The fourth-order valence-electron chi connectivity index (χ4n) is 2.81. The molecule has 0 saturated carbocycles. The van der Waals surface area contributed by atoms with Gasteiger partial charge < -0.3 is 14.8 Å². The highest BCUT2D eigenvalue weighted by molar-refractivity contribution is 6.32. The number of hydrogen-bond acceptors (Lipinski definition) is 3. The van der Waals surface area contributed by atoms with E-state index in [1.165, 1.54) is 18.4 Å². The van der Waals surface area contributed by atoms with E-state index in [1.807, 2.05) is 12.1 Å². The second-order valence-corrected chi connectivity index (χ2v) is 6.03. The smallest absolute Gasteiger partial charge is 0.137 e. The molecule has 2 rings (SSSR count). The van der Waals surface area contributed by atoms with Crippen LogP contribution in [0.25, 0.3) is 0 Å². The zero-order chi connectivity index (χ0) is 15.1. The van der Waals surface area contributed by atoms with Crippen LogP contribution in [0.15, 0.2) is 18.2 Å². The summed E-state index contributed by atoms with van der Waals surface area (Å²) in [7, 11) is 1.66. The van der Waals surface area contributed by atoms with Gasteiger partial charge in [-0.3, -0.25) is 0 Å². The van der Waals surface area contributed by atoms with Crippen LogP contribution in [0.2, 0.25) is 5.02 Å². The van der Waals surface area contributed by atoms with Gasteiger partial charge in [-0.1, -0.05) is 24.6 Å². The van der Waals surface area contributed by atoms with Gasteiger partial charge >= 0.3 is 0 Å². The third-order valence-electron chi connectivity index (χ3n) is 3.99. The van der Waals surface area contributed by atoms with Crippen LogP contribution in [0, 0.1) is 0 Å². The lowest BCUT2D eigenvalue weighted by molar-refractivity contribution is 0.00504. The first-order valence-corrected chi connectivity index (χ1v) is 8.30. The number of nitrogens with one attached hydrogen (secondary N) is 1. The van der Waals surface area contributed by atoms with Crippen LogP contribution < -0.4 is 10.1 Å². The molecule has 1 fully saturated rings. The second kappa shape index (κ2) is 8.62. The van der Waals surface area contributed by atoms with Crippen LogP contribution in [-0.4, -0.2) is 26.4 Å². The topological polar surface area (TPSA) is 30.5 Å². The van der Waals surface area contributed by atoms with Crippen molar-refractivity contribution in [3.63, 3.8) is 0 Å². The van der Waals surface area contributed by atoms with Gasteiger partial charge in [-0.2, -0.15) is 0 Å². The van der Waals surface area contributed by atoms with Gasteiger partial charge in [0.05, 0.1) is 18.2 Å². The molecule has 0 bridgehead atoms. The normalized spacial score (nSPS) is 20.2. The van der Waals surface area contributed by atoms with Gasteiger partial charge in [-0.05, 0) is 56.3 Å². The molecule has 0 amide bonds. The number of rotatable bonds is 7. The fraction of sp³-hybridized carbons (Fsp3) is 0.647. The highest BCUT2D eigenvalue weighted by atomic mass is 35.5. The molecule has 2 unspecified atom stereocenters. The minimum absolute atomic E-state index is 0.291. The van der Waals surface area contributed by atoms with Crippen molar-refractivity contribution in [2.24, 2.45) is 0 Å². The molecule has 0 spiro atoms. The van der Waals surface area contributed by atoms with Crippen molar-refractivity contribution in [2.45, 2.75) is 51.2 Å². The lowest BCUT2D eigenvalue weighted by Gasteiger charge is -2.28. The zero-order valence-electron chi connectivity index (χ0n) is 13.0. The van der Waals surface area contributed by atoms with E-state index in [-0.39, 0.29) is 0 Å². The van der Waals surface area contributed by atoms with Gasteiger partial charge in [0.1, 0.15) is 5.75 Å². The molecular formula is C17H26ClNO2. The molecule has 1 aromatic rings. The lowest BCUT2D eigenvalue weighted by Crippen LogP contribution is -2.29. The predicted octanol–water partition coefficient (Wildman–Crippen LogP) is 4.35. The van der Waals surface area contributed by atoms with Crippen molar-refractivity contribution < 1.29 is 9.47 Å². The van der Waals surface area contributed by atoms with Gasteiger partial charge in [0.2, 0.25) is 0 Å². The van der Waals surface area contributed by atoms with E-state index < -0.39 is 0 Å². The maximum Gasteiger partial charge on any atom is 0.137 e. The first-order valence-electron chi connectivity index (χ1n) is 7.93. The molecule has 1 N–H and O–H groups in total. The Morgan fingerprint density at radius 3 is 2.95 bits per heavy atom. The summed E-state index contributed by atoms with van der Waals surface area (Å²) in [6.45, 7) is 4.08. The van der Waals surface area contributed by atoms with Crippen molar-refractivity contribution in [1.29, 1.82) is 0 Å². The van der Waals surface area contributed by atoms with Gasteiger partial charge in [-0.25, -0.2) is 0 Å². The molecule has 0 aromatic heterocycles. The molecule has 1 aliphatic rings. The van der Waals surface area contributed by atoms with Crippen LogP contribution in [0.3, 0.4) is 0 Å². The Balaban J connectivity index is 2.10. The standard InChI is InChI=1S/C17H26ClNO2/c1-3-9-19-16(12-14-6-4-5-10-21-14)13-7-8-15(18)17(11-13)20-2/h7-8,11,14,16,19H,3-6,9-10,12H2,1-2H3. The van der Waals surface area contributed by atoms with Crippen LogP contribution in [0.5, 0.6) is 5.75 Å². The maximum atomic E-state index is 6.13. The van der Waals surface area contributed by atoms with Gasteiger partial charge in [0, 0.05) is 12.6 Å². The van der Waals surface area contributed by atoms with Gasteiger partial charge in [0.25, 0.3) is 0 Å². The lowest BCUT2D eigenvalue weighted by atomic mass is 9.96. The highest BCUT2D eigenvalue weighted by Gasteiger charge is 2.21. The Morgan fingerprint density at radius 1 is 1.43 bits per heavy atom. The van der Waals surface area contributed by atoms with E-state index in [4.69, 9.17) is 21.1 Å². The zero-order valence-corrected chi connectivity index (χ0v) is 13.8. The molecule has 2 atom stereocenters. The summed E-state index contributed by atoms with van der Waals surface area (Å²) in [5.41, 5.74) is 1.22. The van der Waals surface area contributed by atoms with Crippen molar-refractivity contribution in [1.82, 2.24) is 5.32 Å². The van der Waals surface area contributed by atoms with Gasteiger partial charge in [-0.15, -0.1) is 0 Å². The third kappa shape index (κ3) is 4.87. The molecule has 1 heterocycles. The van der Waals surface area contributed by atoms with E-state index in [0.29, 0.717) is 17.2 Å². The molecular weight excluding hydrogens is 286 g/mol. The quantitative estimate of drug-likeness (QED) is 0.812. The Bertz CT molecular complexity index is 433. The maximum absolute atomic E-state index is 6.13. The minimum atomic E-state index is 0.291. The fourth-order valence-corrected chi connectivity index (χ4v) is 3.00. The number of ether oxygens (including phenoxy) is 2. The summed E-state index contributed by atoms with van der Waals surface area (Å²) in [5, 5.41) is 4.28. The number of methoxy groups -OCH3 is 1. The van der Waals surface area contributed by atoms with E-state index in [1.54, 1.807) is 7.11 Å². The SMILES string of the molecule is CCCNC(CC1CCCCO1)c1ccc(Cl)c(OC)c1. The molecule has 0 radical (unpaired) electrons. The molecule has 3 nitrogen and oxygen atoms in total. The minimum Gasteiger partial charge on any atom is -0.495 e. The Hall–Kier alpha value is -0.770. The molecule has 118 valence electrons. The van der Waals surface area contributed by atoms with E-state index in [0.717, 1.165) is 38.2 Å². The van der Waals surface area contributed by atoms with Crippen LogP contribution >= 0.6 is 11.6 Å². The second-order valence-electron chi connectivity index (χ2n) is 5.62. The summed E-state index contributed by atoms with van der Waals surface area (Å²) in [4.78, 5) is 0. The molecule has 4 heteroatoms. The summed E-state index contributed by atoms with van der Waals surface area (Å²) in [6, 6.07) is 6.33. The largest absolute Gasteiger partial charge is 0.495 e. The van der Waals surface area contributed by atoms with Crippen molar-refractivity contribution in [3.05, 3.63) is 28.8 Å². The summed E-state index contributed by atoms with van der Waals surface area (Å²) in [6.07, 6.45) is 6.11. The van der Waals surface area contributed by atoms with E-state index >= 15 is 0 Å². The van der Waals surface area contributed by atoms with E-state index in [2.05, 4.69) is 18.3 Å². The molecule has 21 heavy (non-hydrogen) atoms. The molecule has 0 aliphatic carbocycles. The molecule has 1 aromatic carbocycles. The number of hydrogen-bond donors (Lipinski definition) is 1. The average molecular weight is 312 g/mol. The molecule has 1 saturated heterocycles. The van der Waals surface area contributed by atoms with Crippen LogP contribution in [0.1, 0.15) is 50.6 Å². The van der Waals surface area contributed by atoms with Gasteiger partial charge in [0.15, 0.2) is 0 Å². The van der Waals surface area contributed by atoms with Crippen LogP contribution in [-0.2, 0) is 4.74 Å². The Kier molecular flexibility index (Phi) is 6.81. The number of halogens is 1. The predicted molar refractivity (Wildman–Crippen MR) is 87.2 cm³/mol. The third-order valence-corrected chi connectivity index (χ3v) is 4.30. The van der Waals surface area contributed by atoms with Crippen molar-refractivity contribution >= 4 is 11.6 Å². The Morgan fingerprint density at radius 2 is 2.29 bits per heavy atom. The number of benzene rings is 1. The Labute approximate surface area is 133 Å². The average Bonchev–Trinajstić information content (AvgIpc) is 2.53. The highest BCUT2D eigenvalue weighted by Crippen LogP contribution is 2.31. The first kappa shape index (κ1) is 16.6. The van der Waals surface area contributed by atoms with Crippen LogP contribution in [0.4, 0.5) is 0 Å². The molecule has 1 aliphatic heterocycles. The first-order chi connectivity index (χ1) is 10.2. The summed E-state index contributed by atoms with van der Waals surface area (Å²) >= 11 is 6.13. The monoisotopic (exact) mass is 311 g/mol. The van der Waals surface area contributed by atoms with Crippen molar-refractivity contribution in [2.75, 3.05) is 20.3 Å². The van der Waals surface area contributed by atoms with E-state index in [9.17, 15) is 0 Å². The van der Waals surface area contributed by atoms with Crippen molar-refractivity contribution in [3.8, 4) is 5.75 Å².